The van der Waals surface area contributed by atoms with Crippen molar-refractivity contribution in [2.75, 3.05) is 18.5 Å². The Morgan fingerprint density at radius 1 is 1.36 bits per heavy atom. The highest BCUT2D eigenvalue weighted by molar-refractivity contribution is 5.90. The van der Waals surface area contributed by atoms with Crippen LogP contribution in [0.1, 0.15) is 0 Å². The minimum atomic E-state index is -0.458. The van der Waals surface area contributed by atoms with Gasteiger partial charge in [-0.25, -0.2) is 4.79 Å². The summed E-state index contributed by atoms with van der Waals surface area (Å²) in [5.41, 5.74) is 0.336. The summed E-state index contributed by atoms with van der Waals surface area (Å²) in [5.74, 6) is 0.00616. The van der Waals surface area contributed by atoms with Gasteiger partial charge in [-0.15, -0.1) is 0 Å². The van der Waals surface area contributed by atoms with Crippen LogP contribution in [0.2, 0.25) is 0 Å². The van der Waals surface area contributed by atoms with Crippen molar-refractivity contribution in [2.45, 2.75) is 0 Å². The van der Waals surface area contributed by atoms with Gasteiger partial charge in [-0.05, 0) is 12.1 Å². The average Bonchev–Trinajstić information content (AvgIpc) is 2.18. The van der Waals surface area contributed by atoms with Crippen LogP contribution in [-0.4, -0.2) is 29.4 Å². The Kier molecular flexibility index (Phi) is 3.75. The lowest BCUT2D eigenvalue weighted by Gasteiger charge is -2.07. The molecule has 1 aromatic rings. The Balaban J connectivity index is 2.52. The lowest BCUT2D eigenvalue weighted by atomic mass is 10.3. The molecular weight excluding hydrogens is 184 g/mol. The van der Waals surface area contributed by atoms with Crippen molar-refractivity contribution in [3.05, 3.63) is 24.3 Å². The Hall–Kier alpha value is -1.75. The van der Waals surface area contributed by atoms with Crippen LogP contribution in [0.25, 0.3) is 0 Å². The Morgan fingerprint density at radius 3 is 2.71 bits per heavy atom. The molecule has 0 spiro atoms. The number of anilines is 1. The van der Waals surface area contributed by atoms with Gasteiger partial charge in [0.2, 0.25) is 0 Å². The Labute approximate surface area is 81.4 Å². The molecule has 1 rings (SSSR count). The first-order valence-corrected chi connectivity index (χ1v) is 4.17. The number of nitrogens with one attached hydrogen (secondary N) is 2. The lowest BCUT2D eigenvalue weighted by molar-refractivity contribution is 0.244. The third-order valence-electron chi connectivity index (χ3n) is 1.55. The molecule has 0 bridgehead atoms. The van der Waals surface area contributed by atoms with Crippen LogP contribution in [0.15, 0.2) is 24.3 Å². The molecule has 0 heterocycles. The molecule has 14 heavy (non-hydrogen) atoms. The van der Waals surface area contributed by atoms with E-state index in [0.717, 1.165) is 0 Å². The van der Waals surface area contributed by atoms with Crippen LogP contribution >= 0.6 is 0 Å². The number of benzene rings is 1. The van der Waals surface area contributed by atoms with E-state index in [1.165, 1.54) is 6.07 Å². The van der Waals surface area contributed by atoms with Gasteiger partial charge in [-0.3, -0.25) is 0 Å². The van der Waals surface area contributed by atoms with Crippen LogP contribution in [0.3, 0.4) is 0 Å². The topological polar surface area (TPSA) is 81.6 Å². The van der Waals surface area contributed by atoms with E-state index in [-0.39, 0.29) is 18.9 Å². The summed E-state index contributed by atoms with van der Waals surface area (Å²) in [4.78, 5) is 11.1. The maximum absolute atomic E-state index is 11.1. The van der Waals surface area contributed by atoms with E-state index in [0.29, 0.717) is 5.69 Å². The molecule has 0 saturated carbocycles. The van der Waals surface area contributed by atoms with E-state index in [2.05, 4.69) is 10.6 Å². The van der Waals surface area contributed by atoms with E-state index in [4.69, 9.17) is 5.11 Å². The van der Waals surface area contributed by atoms with Gasteiger partial charge in [0.15, 0.2) is 0 Å². The number of rotatable bonds is 3. The molecule has 0 fully saturated rings. The second-order valence-corrected chi connectivity index (χ2v) is 2.62. The van der Waals surface area contributed by atoms with E-state index >= 15 is 0 Å². The predicted molar refractivity (Wildman–Crippen MR) is 52.2 cm³/mol. The van der Waals surface area contributed by atoms with Crippen molar-refractivity contribution in [1.82, 2.24) is 5.32 Å². The molecule has 5 heteroatoms. The van der Waals surface area contributed by atoms with Gasteiger partial charge in [0.25, 0.3) is 0 Å². The number of urea groups is 1. The molecule has 0 unspecified atom stereocenters. The van der Waals surface area contributed by atoms with E-state index < -0.39 is 6.03 Å². The molecule has 1 aromatic carbocycles. The standard InChI is InChI=1S/C9H12N2O3/c12-6-5-10-9(14)11-7-3-1-2-4-8(7)13/h1-4,12-13H,5-6H2,(H2,10,11,14). The maximum atomic E-state index is 11.1. The molecule has 0 aliphatic rings. The number of amides is 2. The molecule has 0 saturated heterocycles. The number of aliphatic hydroxyl groups excluding tert-OH is 1. The predicted octanol–water partition coefficient (Wildman–Crippen LogP) is 0.506. The minimum Gasteiger partial charge on any atom is -0.506 e. The number of aromatic hydroxyl groups is 1. The van der Waals surface area contributed by atoms with Crippen LogP contribution in [0.5, 0.6) is 5.75 Å². The van der Waals surface area contributed by atoms with Crippen LogP contribution in [-0.2, 0) is 0 Å². The van der Waals surface area contributed by atoms with Gasteiger partial charge in [0.05, 0.1) is 12.3 Å². The highest BCUT2D eigenvalue weighted by Gasteiger charge is 2.03. The first-order chi connectivity index (χ1) is 6.74. The fourth-order valence-electron chi connectivity index (χ4n) is 0.915. The number of hydrogen-bond acceptors (Lipinski definition) is 3. The Bertz CT molecular complexity index is 315. The minimum absolute atomic E-state index is 0.00616. The van der Waals surface area contributed by atoms with E-state index in [1.54, 1.807) is 18.2 Å². The molecule has 0 atom stereocenters. The van der Waals surface area contributed by atoms with Gasteiger partial charge in [0, 0.05) is 6.54 Å². The summed E-state index contributed by atoms with van der Waals surface area (Å²) >= 11 is 0. The second kappa shape index (κ2) is 5.08. The summed E-state index contributed by atoms with van der Waals surface area (Å²) in [5, 5.41) is 22.6. The fourth-order valence-corrected chi connectivity index (χ4v) is 0.915. The second-order valence-electron chi connectivity index (χ2n) is 2.62. The average molecular weight is 196 g/mol. The van der Waals surface area contributed by atoms with Crippen LogP contribution in [0, 0.1) is 0 Å². The summed E-state index contributed by atoms with van der Waals surface area (Å²) in [7, 11) is 0. The highest BCUT2D eigenvalue weighted by Crippen LogP contribution is 2.20. The van der Waals surface area contributed by atoms with Gasteiger partial charge >= 0.3 is 6.03 Å². The van der Waals surface area contributed by atoms with Crippen molar-refractivity contribution in [1.29, 1.82) is 0 Å². The number of aliphatic hydroxyl groups is 1. The smallest absolute Gasteiger partial charge is 0.319 e. The molecule has 0 aliphatic heterocycles. The molecule has 0 aromatic heterocycles. The molecule has 0 radical (unpaired) electrons. The molecule has 5 nitrogen and oxygen atoms in total. The van der Waals surface area contributed by atoms with Crippen molar-refractivity contribution in [3.63, 3.8) is 0 Å². The monoisotopic (exact) mass is 196 g/mol. The molecule has 0 aliphatic carbocycles. The lowest BCUT2D eigenvalue weighted by Crippen LogP contribution is -2.30. The molecule has 2 amide bonds. The van der Waals surface area contributed by atoms with Gasteiger partial charge < -0.3 is 20.8 Å². The van der Waals surface area contributed by atoms with E-state index in [9.17, 15) is 9.90 Å². The normalized spacial score (nSPS) is 9.50. The Morgan fingerprint density at radius 2 is 2.07 bits per heavy atom. The van der Waals surface area contributed by atoms with Crippen molar-refractivity contribution >= 4 is 11.7 Å². The summed E-state index contributed by atoms with van der Waals surface area (Å²) in [6.07, 6.45) is 0. The number of phenolic OH excluding ortho intramolecular Hbond substituents is 1. The number of carbonyl (C=O) groups excluding carboxylic acids is 1. The van der Waals surface area contributed by atoms with Crippen LogP contribution < -0.4 is 10.6 Å². The van der Waals surface area contributed by atoms with Crippen LogP contribution in [0.4, 0.5) is 10.5 Å². The van der Waals surface area contributed by atoms with Crippen molar-refractivity contribution in [3.8, 4) is 5.75 Å². The molecule has 4 N–H and O–H groups in total. The fraction of sp³-hybridized carbons (Fsp3) is 0.222. The summed E-state index contributed by atoms with van der Waals surface area (Å²) in [6.45, 7) is 0.0631. The maximum Gasteiger partial charge on any atom is 0.319 e. The van der Waals surface area contributed by atoms with Gasteiger partial charge in [-0.1, -0.05) is 12.1 Å². The quantitative estimate of drug-likeness (QED) is 0.531. The number of hydrogen-bond donors (Lipinski definition) is 4. The third-order valence-corrected chi connectivity index (χ3v) is 1.55. The zero-order chi connectivity index (χ0) is 10.4. The third kappa shape index (κ3) is 2.95. The number of para-hydroxylation sites is 2. The van der Waals surface area contributed by atoms with Crippen molar-refractivity contribution < 1.29 is 15.0 Å². The largest absolute Gasteiger partial charge is 0.506 e. The first kappa shape index (κ1) is 10.3. The number of carbonyl (C=O) groups is 1. The molecular formula is C9H12N2O3. The van der Waals surface area contributed by atoms with Gasteiger partial charge in [0.1, 0.15) is 5.75 Å². The van der Waals surface area contributed by atoms with Gasteiger partial charge in [-0.2, -0.15) is 0 Å². The SMILES string of the molecule is O=C(NCCO)Nc1ccccc1O. The summed E-state index contributed by atoms with van der Waals surface area (Å²) in [6, 6.07) is 5.95. The zero-order valence-corrected chi connectivity index (χ0v) is 7.53. The van der Waals surface area contributed by atoms with E-state index in [1.807, 2.05) is 0 Å². The zero-order valence-electron chi connectivity index (χ0n) is 7.53. The first-order valence-electron chi connectivity index (χ1n) is 4.17. The molecule has 76 valence electrons. The highest BCUT2D eigenvalue weighted by atomic mass is 16.3. The number of phenols is 1. The van der Waals surface area contributed by atoms with Crippen molar-refractivity contribution in [2.24, 2.45) is 0 Å². The summed E-state index contributed by atoms with van der Waals surface area (Å²) < 4.78 is 0.